The van der Waals surface area contributed by atoms with E-state index in [0.29, 0.717) is 12.3 Å². The summed E-state index contributed by atoms with van der Waals surface area (Å²) >= 11 is 1.48. The van der Waals surface area contributed by atoms with Gasteiger partial charge in [-0.15, -0.1) is 0 Å². The molecule has 0 N–H and O–H groups in total. The van der Waals surface area contributed by atoms with E-state index in [2.05, 4.69) is 4.98 Å². The van der Waals surface area contributed by atoms with Crippen molar-refractivity contribution in [1.29, 1.82) is 0 Å². The second-order valence-electron chi connectivity index (χ2n) is 5.10. The molecule has 0 aliphatic carbocycles. The summed E-state index contributed by atoms with van der Waals surface area (Å²) in [5.74, 6) is 0.479. The van der Waals surface area contributed by atoms with Crippen LogP contribution in [-0.4, -0.2) is 23.2 Å². The molecule has 0 atom stereocenters. The lowest BCUT2D eigenvalue weighted by atomic mass is 10.2. The predicted octanol–water partition coefficient (Wildman–Crippen LogP) is 4.38. The van der Waals surface area contributed by atoms with Crippen molar-refractivity contribution in [3.63, 3.8) is 0 Å². The highest BCUT2D eigenvalue weighted by molar-refractivity contribution is 7.99. The third-order valence-electron chi connectivity index (χ3n) is 3.60. The van der Waals surface area contributed by atoms with E-state index in [1.165, 1.54) is 11.8 Å². The molecule has 0 fully saturated rings. The molecular weight excluding hydrogens is 304 g/mol. The summed E-state index contributed by atoms with van der Waals surface area (Å²) in [6.45, 7) is 2.65. The van der Waals surface area contributed by atoms with Gasteiger partial charge in [0.25, 0.3) is 0 Å². The van der Waals surface area contributed by atoms with Crippen LogP contribution in [0, 0.1) is 0 Å². The molecule has 1 amide bonds. The average Bonchev–Trinajstić information content (AvgIpc) is 2.61. The third-order valence-corrected chi connectivity index (χ3v) is 4.52. The van der Waals surface area contributed by atoms with Gasteiger partial charge in [0.15, 0.2) is 0 Å². The van der Waals surface area contributed by atoms with Gasteiger partial charge in [0.05, 0.1) is 16.3 Å². The Labute approximate surface area is 140 Å². The van der Waals surface area contributed by atoms with Crippen LogP contribution in [0.15, 0.2) is 71.8 Å². The molecule has 116 valence electrons. The standard InChI is InChI=1S/C19H18N2OS/c1-2-21(16-9-4-3-5-10-16)19(22)14-23-18-13-12-15-8-6-7-11-17(15)20-18/h3-13H,2,14H2,1H3. The zero-order valence-corrected chi connectivity index (χ0v) is 13.8. The van der Waals surface area contributed by atoms with Crippen molar-refractivity contribution in [2.75, 3.05) is 17.2 Å². The van der Waals surface area contributed by atoms with Crippen LogP contribution in [-0.2, 0) is 4.79 Å². The fourth-order valence-corrected chi connectivity index (χ4v) is 3.21. The fourth-order valence-electron chi connectivity index (χ4n) is 2.45. The second-order valence-corrected chi connectivity index (χ2v) is 6.10. The van der Waals surface area contributed by atoms with E-state index in [4.69, 9.17) is 0 Å². The van der Waals surface area contributed by atoms with Gasteiger partial charge in [0.1, 0.15) is 0 Å². The predicted molar refractivity (Wildman–Crippen MR) is 96.9 cm³/mol. The molecule has 0 unspecified atom stereocenters. The maximum absolute atomic E-state index is 12.5. The smallest absolute Gasteiger partial charge is 0.237 e. The van der Waals surface area contributed by atoms with Crippen LogP contribution >= 0.6 is 11.8 Å². The van der Waals surface area contributed by atoms with Crippen molar-refractivity contribution < 1.29 is 4.79 Å². The number of pyridine rings is 1. The summed E-state index contributed by atoms with van der Waals surface area (Å²) in [6, 6.07) is 21.8. The molecule has 0 radical (unpaired) electrons. The summed E-state index contributed by atoms with van der Waals surface area (Å²) in [5, 5.41) is 1.99. The first-order valence-electron chi connectivity index (χ1n) is 7.62. The van der Waals surface area contributed by atoms with Crippen LogP contribution in [0.3, 0.4) is 0 Å². The number of fused-ring (bicyclic) bond motifs is 1. The van der Waals surface area contributed by atoms with E-state index < -0.39 is 0 Å². The molecule has 0 saturated carbocycles. The topological polar surface area (TPSA) is 33.2 Å². The van der Waals surface area contributed by atoms with E-state index in [1.54, 1.807) is 4.90 Å². The lowest BCUT2D eigenvalue weighted by Crippen LogP contribution is -2.32. The normalized spacial score (nSPS) is 10.7. The lowest BCUT2D eigenvalue weighted by molar-refractivity contribution is -0.116. The van der Waals surface area contributed by atoms with E-state index in [9.17, 15) is 4.79 Å². The van der Waals surface area contributed by atoms with Crippen LogP contribution in [0.1, 0.15) is 6.92 Å². The number of benzene rings is 2. The molecule has 0 bridgehead atoms. The molecule has 2 aromatic carbocycles. The highest BCUT2D eigenvalue weighted by Gasteiger charge is 2.14. The van der Waals surface area contributed by atoms with Gasteiger partial charge in [0.2, 0.25) is 5.91 Å². The highest BCUT2D eigenvalue weighted by Crippen LogP contribution is 2.21. The number of amides is 1. The SMILES string of the molecule is CCN(C(=O)CSc1ccc2ccccc2n1)c1ccccc1. The van der Waals surface area contributed by atoms with Gasteiger partial charge < -0.3 is 4.90 Å². The number of anilines is 1. The van der Waals surface area contributed by atoms with Crippen LogP contribution in [0.4, 0.5) is 5.69 Å². The Hall–Kier alpha value is -2.33. The first-order valence-corrected chi connectivity index (χ1v) is 8.60. The van der Waals surface area contributed by atoms with Gasteiger partial charge in [-0.05, 0) is 31.2 Å². The Balaban J connectivity index is 1.69. The van der Waals surface area contributed by atoms with Gasteiger partial charge in [-0.25, -0.2) is 4.98 Å². The number of para-hydroxylation sites is 2. The number of aromatic nitrogens is 1. The molecule has 1 heterocycles. The summed E-state index contributed by atoms with van der Waals surface area (Å²) in [7, 11) is 0. The highest BCUT2D eigenvalue weighted by atomic mass is 32.2. The first-order chi connectivity index (χ1) is 11.3. The Morgan fingerprint density at radius 1 is 1.00 bits per heavy atom. The van der Waals surface area contributed by atoms with Crippen LogP contribution in [0.25, 0.3) is 10.9 Å². The lowest BCUT2D eigenvalue weighted by Gasteiger charge is -2.20. The zero-order valence-electron chi connectivity index (χ0n) is 13.0. The number of thioether (sulfide) groups is 1. The molecule has 3 aromatic rings. The van der Waals surface area contributed by atoms with Crippen molar-refractivity contribution in [3.05, 3.63) is 66.7 Å². The van der Waals surface area contributed by atoms with Crippen molar-refractivity contribution >= 4 is 34.3 Å². The van der Waals surface area contributed by atoms with Crippen molar-refractivity contribution in [2.24, 2.45) is 0 Å². The summed E-state index contributed by atoms with van der Waals surface area (Å²) in [5.41, 5.74) is 1.90. The van der Waals surface area contributed by atoms with Crippen LogP contribution in [0.5, 0.6) is 0 Å². The minimum atomic E-state index is 0.0960. The maximum Gasteiger partial charge on any atom is 0.237 e. The van der Waals surface area contributed by atoms with Crippen LogP contribution in [0.2, 0.25) is 0 Å². The molecule has 23 heavy (non-hydrogen) atoms. The Kier molecular flexibility index (Phi) is 4.93. The zero-order chi connectivity index (χ0) is 16.1. The summed E-state index contributed by atoms with van der Waals surface area (Å²) < 4.78 is 0. The molecule has 3 rings (SSSR count). The number of rotatable bonds is 5. The Morgan fingerprint density at radius 2 is 1.74 bits per heavy atom. The van der Waals surface area contributed by atoms with Crippen molar-refractivity contribution in [1.82, 2.24) is 4.98 Å². The molecule has 0 saturated heterocycles. The minimum absolute atomic E-state index is 0.0960. The first kappa shape index (κ1) is 15.6. The number of hydrogen-bond donors (Lipinski definition) is 0. The number of nitrogens with zero attached hydrogens (tertiary/aromatic N) is 2. The van der Waals surface area contributed by atoms with Gasteiger partial charge in [0, 0.05) is 17.6 Å². The molecule has 0 aliphatic heterocycles. The molecule has 0 spiro atoms. The summed E-state index contributed by atoms with van der Waals surface area (Å²) in [4.78, 5) is 18.9. The Morgan fingerprint density at radius 3 is 2.52 bits per heavy atom. The number of carbonyl (C=O) groups excluding carboxylic acids is 1. The molecule has 3 nitrogen and oxygen atoms in total. The quantitative estimate of drug-likeness (QED) is 0.654. The van der Waals surface area contributed by atoms with Gasteiger partial charge >= 0.3 is 0 Å². The fraction of sp³-hybridized carbons (Fsp3) is 0.158. The van der Waals surface area contributed by atoms with Crippen molar-refractivity contribution in [3.8, 4) is 0 Å². The van der Waals surface area contributed by atoms with Crippen LogP contribution < -0.4 is 4.90 Å². The Bertz CT molecular complexity index is 805. The monoisotopic (exact) mass is 322 g/mol. The van der Waals surface area contributed by atoms with Gasteiger partial charge in [-0.2, -0.15) is 0 Å². The summed E-state index contributed by atoms with van der Waals surface area (Å²) in [6.07, 6.45) is 0. The van der Waals surface area contributed by atoms with Gasteiger partial charge in [-0.1, -0.05) is 54.2 Å². The molecule has 0 aliphatic rings. The number of carbonyl (C=O) groups is 1. The van der Waals surface area contributed by atoms with E-state index in [0.717, 1.165) is 21.6 Å². The molecular formula is C19H18N2OS. The molecule has 1 aromatic heterocycles. The molecule has 4 heteroatoms. The van der Waals surface area contributed by atoms with E-state index >= 15 is 0 Å². The van der Waals surface area contributed by atoms with E-state index in [1.807, 2.05) is 73.7 Å². The largest absolute Gasteiger partial charge is 0.312 e. The van der Waals surface area contributed by atoms with Gasteiger partial charge in [-0.3, -0.25) is 4.79 Å². The van der Waals surface area contributed by atoms with E-state index in [-0.39, 0.29) is 5.91 Å². The minimum Gasteiger partial charge on any atom is -0.312 e. The average molecular weight is 322 g/mol. The number of hydrogen-bond acceptors (Lipinski definition) is 3. The van der Waals surface area contributed by atoms with Crippen molar-refractivity contribution in [2.45, 2.75) is 11.9 Å². The second kappa shape index (κ2) is 7.29. The third kappa shape index (κ3) is 3.71. The maximum atomic E-state index is 12.5.